The fourth-order valence-electron chi connectivity index (χ4n) is 5.21. The second kappa shape index (κ2) is 14.0. The van der Waals surface area contributed by atoms with Crippen molar-refractivity contribution in [2.24, 2.45) is 0 Å². The molecular weight excluding hydrogens is 584 g/mol. The Bertz CT molecular complexity index is 1990. The number of ether oxygens (including phenoxy) is 2. The molecule has 2 aromatic heterocycles. The minimum Gasteiger partial charge on any atom is -0.377 e. The van der Waals surface area contributed by atoms with Crippen LogP contribution in [-0.4, -0.2) is 57.1 Å². The summed E-state index contributed by atoms with van der Waals surface area (Å²) >= 11 is 0. The highest BCUT2D eigenvalue weighted by atomic mass is 16.5. The first-order valence-corrected chi connectivity index (χ1v) is 14.9. The van der Waals surface area contributed by atoms with E-state index in [0.717, 1.165) is 0 Å². The smallest absolute Gasteiger partial charge is 0.281 e. The van der Waals surface area contributed by atoms with E-state index in [1.807, 2.05) is 12.1 Å². The Kier molecular flexibility index (Phi) is 9.28. The van der Waals surface area contributed by atoms with Crippen molar-refractivity contribution >= 4 is 33.6 Å². The van der Waals surface area contributed by atoms with Crippen molar-refractivity contribution in [2.75, 3.05) is 26.4 Å². The molecule has 0 unspecified atom stereocenters. The fraction of sp³-hybridized carbons (Fsp3) is 0.167. The number of hydrogen-bond acceptors (Lipinski definition) is 8. The highest BCUT2D eigenvalue weighted by Gasteiger charge is 2.20. The number of para-hydroxylation sites is 4. The van der Waals surface area contributed by atoms with Crippen molar-refractivity contribution in [3.8, 4) is 0 Å². The molecule has 0 N–H and O–H groups in total. The summed E-state index contributed by atoms with van der Waals surface area (Å²) in [5.74, 6) is -0.867. The molecule has 4 aromatic carbocycles. The van der Waals surface area contributed by atoms with Crippen LogP contribution in [0.1, 0.15) is 32.1 Å². The van der Waals surface area contributed by atoms with Crippen LogP contribution in [0.25, 0.3) is 22.1 Å². The number of fused-ring (bicyclic) bond motifs is 2. The van der Waals surface area contributed by atoms with Gasteiger partial charge >= 0.3 is 0 Å². The Morgan fingerprint density at radius 1 is 0.500 bits per heavy atom. The Hall–Kier alpha value is -5.58. The van der Waals surface area contributed by atoms with E-state index < -0.39 is 22.7 Å². The largest absolute Gasteiger partial charge is 0.377 e. The minimum absolute atomic E-state index is 0.138. The number of ketones is 2. The molecule has 0 aliphatic heterocycles. The van der Waals surface area contributed by atoms with E-state index in [4.69, 9.17) is 9.47 Å². The average molecular weight is 615 g/mol. The lowest BCUT2D eigenvalue weighted by Crippen LogP contribution is -2.30. The van der Waals surface area contributed by atoms with E-state index in [9.17, 15) is 19.2 Å². The molecular formula is C36H30N4O6. The highest BCUT2D eigenvalue weighted by molar-refractivity contribution is 6.08. The molecule has 2 heterocycles. The van der Waals surface area contributed by atoms with Crippen molar-refractivity contribution in [2.45, 2.75) is 13.1 Å². The van der Waals surface area contributed by atoms with Gasteiger partial charge in [-0.15, -0.1) is 0 Å². The van der Waals surface area contributed by atoms with E-state index >= 15 is 0 Å². The van der Waals surface area contributed by atoms with Gasteiger partial charge in [-0.1, -0.05) is 84.9 Å². The van der Waals surface area contributed by atoms with Gasteiger partial charge in [0.05, 0.1) is 48.5 Å². The third kappa shape index (κ3) is 6.44. The van der Waals surface area contributed by atoms with Crippen LogP contribution >= 0.6 is 0 Å². The fourth-order valence-corrected chi connectivity index (χ4v) is 5.21. The first-order chi connectivity index (χ1) is 22.5. The van der Waals surface area contributed by atoms with Crippen molar-refractivity contribution < 1.29 is 19.1 Å². The maximum Gasteiger partial charge on any atom is 0.281 e. The van der Waals surface area contributed by atoms with Crippen LogP contribution < -0.4 is 11.1 Å². The first kappa shape index (κ1) is 30.4. The van der Waals surface area contributed by atoms with E-state index in [1.54, 1.807) is 97.1 Å². The Morgan fingerprint density at radius 3 is 1.28 bits per heavy atom. The van der Waals surface area contributed by atoms with Gasteiger partial charge in [0.1, 0.15) is 0 Å². The summed E-state index contributed by atoms with van der Waals surface area (Å²) in [6, 6.07) is 31.5. The minimum atomic E-state index is -0.479. The Labute approximate surface area is 263 Å². The van der Waals surface area contributed by atoms with E-state index in [0.29, 0.717) is 33.2 Å². The van der Waals surface area contributed by atoms with Gasteiger partial charge in [0.15, 0.2) is 11.4 Å². The predicted molar refractivity (Wildman–Crippen MR) is 173 cm³/mol. The summed E-state index contributed by atoms with van der Waals surface area (Å²) in [5.41, 5.74) is 1.84. The molecule has 0 spiro atoms. The molecule has 10 heteroatoms. The summed E-state index contributed by atoms with van der Waals surface area (Å²) < 4.78 is 14.5. The van der Waals surface area contributed by atoms with Crippen LogP contribution in [0.3, 0.4) is 0 Å². The molecule has 0 aliphatic rings. The van der Waals surface area contributed by atoms with Crippen LogP contribution in [0.4, 0.5) is 0 Å². The molecule has 10 nitrogen and oxygen atoms in total. The SMILES string of the molecule is O=C(c1ccccc1)c1nc2ccccc2n(CCOCCOCCn2c(=O)c(C(=O)c3ccccc3)nc3ccccc32)c1=O. The summed E-state index contributed by atoms with van der Waals surface area (Å²) in [7, 11) is 0. The number of carbonyl (C=O) groups excluding carboxylic acids is 2. The van der Waals surface area contributed by atoms with Gasteiger partial charge < -0.3 is 18.6 Å². The van der Waals surface area contributed by atoms with E-state index in [-0.39, 0.29) is 50.9 Å². The second-order valence-electron chi connectivity index (χ2n) is 10.4. The van der Waals surface area contributed by atoms with Crippen molar-refractivity contribution in [3.63, 3.8) is 0 Å². The second-order valence-corrected chi connectivity index (χ2v) is 10.4. The number of hydrogen-bond donors (Lipinski definition) is 0. The lowest BCUT2D eigenvalue weighted by Gasteiger charge is -2.13. The molecule has 46 heavy (non-hydrogen) atoms. The number of nitrogens with zero attached hydrogens (tertiary/aromatic N) is 4. The maximum atomic E-state index is 13.4. The van der Waals surface area contributed by atoms with Gasteiger partial charge in [-0.05, 0) is 24.3 Å². The Balaban J connectivity index is 1.07. The summed E-state index contributed by atoms with van der Waals surface area (Å²) in [4.78, 5) is 61.6. The standard InChI is InChI=1S/C36H30N4O6/c41-33(25-11-3-1-4-12-25)31-35(43)39(29-17-9-7-15-27(29)37-31)19-21-45-23-24-46-22-20-40-30-18-10-8-16-28(30)38-32(36(40)44)34(42)26-13-5-2-6-14-26/h1-18H,19-24H2. The average Bonchev–Trinajstić information content (AvgIpc) is 3.10. The topological polar surface area (TPSA) is 122 Å². The third-order valence-corrected chi connectivity index (χ3v) is 7.50. The number of aromatic nitrogens is 4. The van der Waals surface area contributed by atoms with Crippen LogP contribution in [0.2, 0.25) is 0 Å². The molecule has 6 aromatic rings. The van der Waals surface area contributed by atoms with Gasteiger partial charge in [-0.3, -0.25) is 19.2 Å². The van der Waals surface area contributed by atoms with E-state index in [1.165, 1.54) is 9.13 Å². The molecule has 0 fully saturated rings. The summed E-state index contributed by atoms with van der Waals surface area (Å²) in [6.07, 6.45) is 0. The zero-order valence-corrected chi connectivity index (χ0v) is 24.9. The highest BCUT2D eigenvalue weighted by Crippen LogP contribution is 2.14. The molecule has 230 valence electrons. The van der Waals surface area contributed by atoms with E-state index in [2.05, 4.69) is 9.97 Å². The monoisotopic (exact) mass is 614 g/mol. The third-order valence-electron chi connectivity index (χ3n) is 7.50. The number of carbonyl (C=O) groups is 2. The lowest BCUT2D eigenvalue weighted by atomic mass is 10.1. The molecule has 0 aliphatic carbocycles. The number of rotatable bonds is 13. The van der Waals surface area contributed by atoms with Crippen LogP contribution in [0.15, 0.2) is 119 Å². The molecule has 0 atom stereocenters. The Morgan fingerprint density at radius 2 is 0.870 bits per heavy atom. The van der Waals surface area contributed by atoms with Gasteiger partial charge in [0, 0.05) is 24.2 Å². The van der Waals surface area contributed by atoms with Crippen molar-refractivity contribution in [3.05, 3.63) is 152 Å². The van der Waals surface area contributed by atoms with Gasteiger partial charge in [-0.2, -0.15) is 0 Å². The molecule has 0 amide bonds. The van der Waals surface area contributed by atoms with Crippen LogP contribution in [0, 0.1) is 0 Å². The first-order valence-electron chi connectivity index (χ1n) is 14.9. The van der Waals surface area contributed by atoms with Gasteiger partial charge in [0.2, 0.25) is 11.6 Å². The summed E-state index contributed by atoms with van der Waals surface area (Å²) in [5, 5.41) is 0. The molecule has 0 saturated carbocycles. The summed E-state index contributed by atoms with van der Waals surface area (Å²) in [6.45, 7) is 1.33. The normalized spacial score (nSPS) is 11.2. The van der Waals surface area contributed by atoms with Crippen LogP contribution in [0.5, 0.6) is 0 Å². The molecule has 6 rings (SSSR count). The number of benzene rings is 4. The molecule has 0 saturated heterocycles. The molecule has 0 bridgehead atoms. The maximum absolute atomic E-state index is 13.4. The van der Waals surface area contributed by atoms with Gasteiger partial charge in [-0.25, -0.2) is 9.97 Å². The van der Waals surface area contributed by atoms with Crippen molar-refractivity contribution in [1.29, 1.82) is 0 Å². The molecule has 0 radical (unpaired) electrons. The lowest BCUT2D eigenvalue weighted by molar-refractivity contribution is 0.0421. The zero-order chi connectivity index (χ0) is 31.9. The van der Waals surface area contributed by atoms with Crippen molar-refractivity contribution in [1.82, 2.24) is 19.1 Å². The zero-order valence-electron chi connectivity index (χ0n) is 24.9. The quantitative estimate of drug-likeness (QED) is 0.139. The van der Waals surface area contributed by atoms with Crippen LogP contribution in [-0.2, 0) is 22.6 Å². The predicted octanol–water partition coefficient (Wildman–Crippen LogP) is 4.30. The van der Waals surface area contributed by atoms with Gasteiger partial charge in [0.25, 0.3) is 11.1 Å².